The third-order valence-electron chi connectivity index (χ3n) is 4.88. The van der Waals surface area contributed by atoms with Crippen LogP contribution in [0.2, 0.25) is 5.02 Å². The van der Waals surface area contributed by atoms with Crippen LogP contribution in [0.4, 0.5) is 5.69 Å². The van der Waals surface area contributed by atoms with E-state index >= 15 is 0 Å². The molecular weight excluding hydrogens is 390 g/mol. The maximum absolute atomic E-state index is 11.4. The zero-order chi connectivity index (χ0) is 16.8. The number of nitrogens with one attached hydrogen (secondary N) is 1. The lowest BCUT2D eigenvalue weighted by Crippen LogP contribution is -2.29. The molecule has 1 aliphatic heterocycles. The summed E-state index contributed by atoms with van der Waals surface area (Å²) in [5.74, 6) is -0.415. The van der Waals surface area contributed by atoms with E-state index in [0.717, 1.165) is 22.1 Å². The molecule has 122 valence electrons. The second-order valence-corrected chi connectivity index (χ2v) is 7.58. The molecule has 0 spiro atoms. The summed E-state index contributed by atoms with van der Waals surface area (Å²) in [6.45, 7) is 0. The van der Waals surface area contributed by atoms with Gasteiger partial charge in [0.15, 0.2) is 0 Å². The van der Waals surface area contributed by atoms with Crippen molar-refractivity contribution in [1.29, 1.82) is 0 Å². The lowest BCUT2D eigenvalue weighted by molar-refractivity contribution is 0.0696. The van der Waals surface area contributed by atoms with Gasteiger partial charge in [-0.05, 0) is 47.7 Å². The van der Waals surface area contributed by atoms with Gasteiger partial charge < -0.3 is 10.4 Å². The molecule has 3 nitrogen and oxygen atoms in total. The lowest BCUT2D eigenvalue weighted by atomic mass is 9.76. The average molecular weight is 405 g/mol. The Bertz CT molecular complexity index is 864. The fourth-order valence-corrected chi connectivity index (χ4v) is 4.51. The third kappa shape index (κ3) is 2.54. The van der Waals surface area contributed by atoms with Crippen molar-refractivity contribution in [2.75, 3.05) is 5.32 Å². The number of fused-ring (bicyclic) bond motifs is 3. The number of benzene rings is 2. The molecule has 2 aromatic rings. The van der Waals surface area contributed by atoms with Gasteiger partial charge in [0.1, 0.15) is 0 Å². The quantitative estimate of drug-likeness (QED) is 0.638. The number of halogens is 2. The average Bonchev–Trinajstić information content (AvgIpc) is 3.04. The Morgan fingerprint density at radius 2 is 2.12 bits per heavy atom. The van der Waals surface area contributed by atoms with E-state index in [1.807, 2.05) is 12.1 Å². The molecule has 2 aromatic carbocycles. The van der Waals surface area contributed by atoms with Gasteiger partial charge in [0, 0.05) is 10.4 Å². The van der Waals surface area contributed by atoms with Gasteiger partial charge in [-0.25, -0.2) is 4.79 Å². The van der Waals surface area contributed by atoms with Crippen molar-refractivity contribution in [1.82, 2.24) is 0 Å². The predicted molar refractivity (Wildman–Crippen MR) is 98.9 cm³/mol. The molecule has 3 atom stereocenters. The molecule has 0 aromatic heterocycles. The second kappa shape index (κ2) is 5.94. The van der Waals surface area contributed by atoms with Crippen LogP contribution >= 0.6 is 27.5 Å². The Morgan fingerprint density at radius 1 is 1.29 bits per heavy atom. The number of aromatic carboxylic acids is 1. The summed E-state index contributed by atoms with van der Waals surface area (Å²) in [4.78, 5) is 11.4. The summed E-state index contributed by atoms with van der Waals surface area (Å²) in [6, 6.07) is 11.7. The molecule has 0 saturated heterocycles. The van der Waals surface area contributed by atoms with Crippen molar-refractivity contribution in [3.63, 3.8) is 0 Å². The SMILES string of the molecule is O=C(O)c1cc(Cl)c2c(c1)[C@H]1C=CC[C@H]1[C@H](c1cccc(Br)c1)N2. The minimum atomic E-state index is -0.952. The molecule has 24 heavy (non-hydrogen) atoms. The molecule has 0 unspecified atom stereocenters. The minimum absolute atomic E-state index is 0.142. The first-order valence-electron chi connectivity index (χ1n) is 7.80. The largest absolute Gasteiger partial charge is 0.478 e. The molecule has 0 radical (unpaired) electrons. The van der Waals surface area contributed by atoms with E-state index < -0.39 is 5.97 Å². The summed E-state index contributed by atoms with van der Waals surface area (Å²) < 4.78 is 1.04. The number of hydrogen-bond acceptors (Lipinski definition) is 2. The van der Waals surface area contributed by atoms with Crippen molar-refractivity contribution < 1.29 is 9.90 Å². The van der Waals surface area contributed by atoms with Gasteiger partial charge in [-0.1, -0.05) is 51.8 Å². The first-order chi connectivity index (χ1) is 11.5. The molecule has 0 saturated carbocycles. The van der Waals surface area contributed by atoms with Gasteiger partial charge in [0.05, 0.1) is 22.3 Å². The fourth-order valence-electron chi connectivity index (χ4n) is 3.81. The van der Waals surface area contributed by atoms with Gasteiger partial charge in [-0.2, -0.15) is 0 Å². The number of anilines is 1. The van der Waals surface area contributed by atoms with Crippen LogP contribution < -0.4 is 5.32 Å². The van der Waals surface area contributed by atoms with Crippen molar-refractivity contribution in [3.8, 4) is 0 Å². The summed E-state index contributed by atoms with van der Waals surface area (Å²) >= 11 is 9.94. The van der Waals surface area contributed by atoms with Crippen LogP contribution in [0.25, 0.3) is 0 Å². The first-order valence-corrected chi connectivity index (χ1v) is 8.97. The van der Waals surface area contributed by atoms with Crippen LogP contribution in [0.1, 0.15) is 39.9 Å². The summed E-state index contributed by atoms with van der Waals surface area (Å²) in [7, 11) is 0. The Hall–Kier alpha value is -1.78. The lowest BCUT2D eigenvalue weighted by Gasteiger charge is -2.38. The standard InChI is InChI=1S/C19H15BrClNO2/c20-12-4-1-3-10(7-12)17-14-6-2-5-13(14)15-8-11(19(23)24)9-16(21)18(15)22-17/h1-5,7-9,13-14,17,22H,6H2,(H,23,24)/t13-,14+,17-/m0/s1. The number of rotatable bonds is 2. The first kappa shape index (κ1) is 15.7. The highest BCUT2D eigenvalue weighted by Crippen LogP contribution is 2.51. The monoisotopic (exact) mass is 403 g/mol. The Morgan fingerprint density at radius 3 is 2.88 bits per heavy atom. The smallest absolute Gasteiger partial charge is 0.335 e. The van der Waals surface area contributed by atoms with Gasteiger partial charge in [0.25, 0.3) is 0 Å². The second-order valence-electron chi connectivity index (χ2n) is 6.26. The van der Waals surface area contributed by atoms with Gasteiger partial charge in [0.2, 0.25) is 0 Å². The van der Waals surface area contributed by atoms with Crippen molar-refractivity contribution in [2.45, 2.75) is 18.4 Å². The van der Waals surface area contributed by atoms with Gasteiger partial charge >= 0.3 is 5.97 Å². The maximum atomic E-state index is 11.4. The molecular formula is C19H15BrClNO2. The Kier molecular flexibility index (Phi) is 3.89. The number of carbonyl (C=O) groups is 1. The molecule has 1 heterocycles. The van der Waals surface area contributed by atoms with E-state index in [0.29, 0.717) is 10.9 Å². The van der Waals surface area contributed by atoms with E-state index in [9.17, 15) is 9.90 Å². The molecule has 2 N–H and O–H groups in total. The van der Waals surface area contributed by atoms with Crippen LogP contribution in [0.5, 0.6) is 0 Å². The van der Waals surface area contributed by atoms with E-state index in [2.05, 4.69) is 45.5 Å². The molecule has 2 aliphatic rings. The van der Waals surface area contributed by atoms with Crippen molar-refractivity contribution in [3.05, 3.63) is 74.7 Å². The molecule has 0 amide bonds. The maximum Gasteiger partial charge on any atom is 0.335 e. The zero-order valence-corrected chi connectivity index (χ0v) is 15.0. The third-order valence-corrected chi connectivity index (χ3v) is 5.67. The number of carboxylic acid groups (broad SMARTS) is 1. The van der Waals surface area contributed by atoms with Crippen LogP contribution in [0.3, 0.4) is 0 Å². The Labute approximate surface area is 153 Å². The summed E-state index contributed by atoms with van der Waals surface area (Å²) in [6.07, 6.45) is 5.32. The number of allylic oxidation sites excluding steroid dienone is 2. The van der Waals surface area contributed by atoms with Gasteiger partial charge in [-0.15, -0.1) is 0 Å². The summed E-state index contributed by atoms with van der Waals surface area (Å²) in [5.41, 5.74) is 3.26. The van der Waals surface area contributed by atoms with Crippen molar-refractivity contribution >= 4 is 39.2 Å². The van der Waals surface area contributed by atoms with Crippen LogP contribution in [0.15, 0.2) is 53.0 Å². The highest BCUT2D eigenvalue weighted by molar-refractivity contribution is 9.10. The zero-order valence-electron chi connectivity index (χ0n) is 12.7. The molecule has 0 bridgehead atoms. The normalized spacial score (nSPS) is 24.2. The molecule has 1 aliphatic carbocycles. The van der Waals surface area contributed by atoms with Crippen molar-refractivity contribution in [2.24, 2.45) is 5.92 Å². The van der Waals surface area contributed by atoms with Crippen LogP contribution in [-0.2, 0) is 0 Å². The number of hydrogen-bond donors (Lipinski definition) is 2. The highest BCUT2D eigenvalue weighted by atomic mass is 79.9. The van der Waals surface area contributed by atoms with E-state index in [1.165, 1.54) is 11.6 Å². The predicted octanol–water partition coefficient (Wildman–Crippen LogP) is 5.63. The van der Waals surface area contributed by atoms with Crippen LogP contribution in [-0.4, -0.2) is 11.1 Å². The van der Waals surface area contributed by atoms with E-state index in [-0.39, 0.29) is 17.5 Å². The fraction of sp³-hybridized carbons (Fsp3) is 0.211. The Balaban J connectivity index is 1.83. The van der Waals surface area contributed by atoms with E-state index in [4.69, 9.17) is 11.6 Å². The number of carboxylic acids is 1. The summed E-state index contributed by atoms with van der Waals surface area (Å²) in [5, 5.41) is 13.3. The van der Waals surface area contributed by atoms with Gasteiger partial charge in [-0.3, -0.25) is 0 Å². The molecule has 4 rings (SSSR count). The van der Waals surface area contributed by atoms with E-state index in [1.54, 1.807) is 6.07 Å². The minimum Gasteiger partial charge on any atom is -0.478 e. The molecule has 5 heteroatoms. The molecule has 0 fully saturated rings. The van der Waals surface area contributed by atoms with Crippen LogP contribution in [0, 0.1) is 5.92 Å². The topological polar surface area (TPSA) is 49.3 Å². The highest BCUT2D eigenvalue weighted by Gasteiger charge is 2.39.